The molecule has 0 saturated heterocycles. The molecule has 2 aromatic rings. The van der Waals surface area contributed by atoms with Crippen molar-refractivity contribution < 1.29 is 4.39 Å². The molecule has 18 heavy (non-hydrogen) atoms. The van der Waals surface area contributed by atoms with Crippen LogP contribution in [0.5, 0.6) is 0 Å². The molecular formula is C12H11Br2FN2S. The van der Waals surface area contributed by atoms with Crippen molar-refractivity contribution in [1.82, 2.24) is 5.43 Å². The second-order valence-electron chi connectivity index (χ2n) is 3.84. The lowest BCUT2D eigenvalue weighted by atomic mass is 10.1. The highest BCUT2D eigenvalue weighted by molar-refractivity contribution is 9.10. The van der Waals surface area contributed by atoms with Gasteiger partial charge in [-0.15, -0.1) is 11.3 Å². The molecule has 1 aromatic heterocycles. The summed E-state index contributed by atoms with van der Waals surface area (Å²) in [7, 11) is 0. The fourth-order valence-corrected chi connectivity index (χ4v) is 3.59. The molecule has 1 unspecified atom stereocenters. The highest BCUT2D eigenvalue weighted by atomic mass is 79.9. The first kappa shape index (κ1) is 14.1. The third kappa shape index (κ3) is 3.39. The Morgan fingerprint density at radius 1 is 1.33 bits per heavy atom. The van der Waals surface area contributed by atoms with Crippen LogP contribution in [0.25, 0.3) is 0 Å². The summed E-state index contributed by atoms with van der Waals surface area (Å²) in [5.74, 6) is 5.33. The summed E-state index contributed by atoms with van der Waals surface area (Å²) in [6.45, 7) is 0. The van der Waals surface area contributed by atoms with Gasteiger partial charge >= 0.3 is 0 Å². The Bertz CT molecular complexity index is 545. The maximum absolute atomic E-state index is 13.2. The van der Waals surface area contributed by atoms with E-state index in [1.54, 1.807) is 23.5 Å². The van der Waals surface area contributed by atoms with Crippen molar-refractivity contribution >= 4 is 43.2 Å². The first-order valence-electron chi connectivity index (χ1n) is 5.24. The third-order valence-corrected chi connectivity index (χ3v) is 4.97. The molecule has 96 valence electrons. The Balaban J connectivity index is 2.17. The average molecular weight is 394 g/mol. The predicted octanol–water partition coefficient (Wildman–Crippen LogP) is 4.16. The average Bonchev–Trinajstić information content (AvgIpc) is 2.77. The monoisotopic (exact) mass is 392 g/mol. The van der Waals surface area contributed by atoms with Crippen molar-refractivity contribution in [3.05, 3.63) is 54.8 Å². The molecule has 0 amide bonds. The molecule has 1 heterocycles. The van der Waals surface area contributed by atoms with Gasteiger partial charge in [0.15, 0.2) is 0 Å². The van der Waals surface area contributed by atoms with Crippen LogP contribution in [-0.2, 0) is 6.42 Å². The van der Waals surface area contributed by atoms with Crippen LogP contribution in [0.4, 0.5) is 4.39 Å². The van der Waals surface area contributed by atoms with E-state index < -0.39 is 0 Å². The Hall–Kier alpha value is -0.270. The molecule has 0 radical (unpaired) electrons. The zero-order valence-corrected chi connectivity index (χ0v) is 13.3. The minimum Gasteiger partial charge on any atom is -0.271 e. The Morgan fingerprint density at radius 2 is 2.11 bits per heavy atom. The summed E-state index contributed by atoms with van der Waals surface area (Å²) < 4.78 is 14.7. The van der Waals surface area contributed by atoms with Crippen LogP contribution in [0.1, 0.15) is 16.5 Å². The van der Waals surface area contributed by atoms with Crippen molar-refractivity contribution in [3.8, 4) is 0 Å². The SMILES string of the molecule is NNC(Cc1ccc(F)c(Br)c1)c1cc(Br)cs1. The number of nitrogens with one attached hydrogen (secondary N) is 1. The van der Waals surface area contributed by atoms with Crippen LogP contribution in [0, 0.1) is 5.82 Å². The smallest absolute Gasteiger partial charge is 0.137 e. The van der Waals surface area contributed by atoms with Crippen molar-refractivity contribution in [1.29, 1.82) is 0 Å². The molecule has 6 heteroatoms. The van der Waals surface area contributed by atoms with Gasteiger partial charge in [0, 0.05) is 14.7 Å². The van der Waals surface area contributed by atoms with Gasteiger partial charge in [0.05, 0.1) is 10.5 Å². The van der Waals surface area contributed by atoms with E-state index in [1.807, 2.05) is 11.4 Å². The zero-order chi connectivity index (χ0) is 13.1. The van der Waals surface area contributed by atoms with Gasteiger partial charge in [-0.2, -0.15) is 0 Å². The normalized spacial score (nSPS) is 12.7. The fourth-order valence-electron chi connectivity index (χ4n) is 1.65. The summed E-state index contributed by atoms with van der Waals surface area (Å²) >= 11 is 8.24. The van der Waals surface area contributed by atoms with Gasteiger partial charge in [0.2, 0.25) is 0 Å². The summed E-state index contributed by atoms with van der Waals surface area (Å²) in [4.78, 5) is 1.14. The van der Waals surface area contributed by atoms with Crippen molar-refractivity contribution in [2.45, 2.75) is 12.5 Å². The summed E-state index contributed by atoms with van der Waals surface area (Å²) in [6, 6.07) is 7.07. The second-order valence-corrected chi connectivity index (χ2v) is 6.55. The second kappa shape index (κ2) is 6.25. The first-order valence-corrected chi connectivity index (χ1v) is 7.70. The predicted molar refractivity (Wildman–Crippen MR) is 79.9 cm³/mol. The van der Waals surface area contributed by atoms with E-state index in [9.17, 15) is 4.39 Å². The summed E-state index contributed by atoms with van der Waals surface area (Å²) in [5.41, 5.74) is 3.82. The van der Waals surface area contributed by atoms with Gasteiger partial charge in [-0.05, 0) is 62.0 Å². The molecule has 2 nitrogen and oxygen atoms in total. The summed E-state index contributed by atoms with van der Waals surface area (Å²) in [5, 5.41) is 2.01. The molecule has 0 fully saturated rings. The minimum absolute atomic E-state index is 0.0265. The number of nitrogens with two attached hydrogens (primary N) is 1. The van der Waals surface area contributed by atoms with E-state index >= 15 is 0 Å². The zero-order valence-electron chi connectivity index (χ0n) is 9.29. The number of thiophene rings is 1. The van der Waals surface area contributed by atoms with Crippen LogP contribution >= 0.6 is 43.2 Å². The quantitative estimate of drug-likeness (QED) is 0.604. The highest BCUT2D eigenvalue weighted by Crippen LogP contribution is 2.28. The number of benzene rings is 1. The standard InChI is InChI=1S/C12H11Br2FN2S/c13-8-5-12(18-6-8)11(17-16)4-7-1-2-10(15)9(14)3-7/h1-3,5-6,11,17H,4,16H2. The van der Waals surface area contributed by atoms with E-state index in [0.29, 0.717) is 10.9 Å². The molecule has 1 aromatic carbocycles. The van der Waals surface area contributed by atoms with Gasteiger partial charge in [0.25, 0.3) is 0 Å². The van der Waals surface area contributed by atoms with Crippen LogP contribution in [-0.4, -0.2) is 0 Å². The fraction of sp³-hybridized carbons (Fsp3) is 0.167. The van der Waals surface area contributed by atoms with Crippen LogP contribution in [0.2, 0.25) is 0 Å². The van der Waals surface area contributed by atoms with Gasteiger partial charge in [-0.1, -0.05) is 6.07 Å². The van der Waals surface area contributed by atoms with E-state index in [-0.39, 0.29) is 11.9 Å². The van der Waals surface area contributed by atoms with E-state index in [2.05, 4.69) is 37.3 Å². The van der Waals surface area contributed by atoms with Gasteiger partial charge in [0.1, 0.15) is 5.82 Å². The maximum atomic E-state index is 13.2. The summed E-state index contributed by atoms with van der Waals surface area (Å²) in [6.07, 6.45) is 0.711. The van der Waals surface area contributed by atoms with E-state index in [0.717, 1.165) is 14.9 Å². The molecule has 0 aliphatic carbocycles. The first-order chi connectivity index (χ1) is 8.60. The van der Waals surface area contributed by atoms with Gasteiger partial charge < -0.3 is 0 Å². The number of hydrazine groups is 1. The lowest BCUT2D eigenvalue weighted by Crippen LogP contribution is -2.28. The Labute approximate surface area is 126 Å². The minimum atomic E-state index is -0.255. The van der Waals surface area contributed by atoms with Gasteiger partial charge in [-0.3, -0.25) is 11.3 Å². The molecule has 0 saturated carbocycles. The largest absolute Gasteiger partial charge is 0.271 e. The van der Waals surface area contributed by atoms with Gasteiger partial charge in [-0.25, -0.2) is 4.39 Å². The third-order valence-electron chi connectivity index (χ3n) is 2.56. The van der Waals surface area contributed by atoms with Crippen molar-refractivity contribution in [2.24, 2.45) is 5.84 Å². The molecule has 2 rings (SSSR count). The molecule has 0 bridgehead atoms. The number of hydrogen-bond donors (Lipinski definition) is 2. The molecule has 0 spiro atoms. The van der Waals surface area contributed by atoms with Crippen LogP contribution < -0.4 is 11.3 Å². The Morgan fingerprint density at radius 3 is 2.67 bits per heavy atom. The van der Waals surface area contributed by atoms with Crippen LogP contribution in [0.3, 0.4) is 0 Å². The molecular weight excluding hydrogens is 383 g/mol. The van der Waals surface area contributed by atoms with Crippen LogP contribution in [0.15, 0.2) is 38.6 Å². The number of rotatable bonds is 4. The van der Waals surface area contributed by atoms with E-state index in [1.165, 1.54) is 6.07 Å². The molecule has 0 aliphatic rings. The maximum Gasteiger partial charge on any atom is 0.137 e. The Kier molecular flexibility index (Phi) is 4.91. The highest BCUT2D eigenvalue weighted by Gasteiger charge is 2.13. The number of hydrogen-bond acceptors (Lipinski definition) is 3. The molecule has 0 aliphatic heterocycles. The lowest BCUT2D eigenvalue weighted by molar-refractivity contribution is 0.558. The van der Waals surface area contributed by atoms with Crippen molar-refractivity contribution in [3.63, 3.8) is 0 Å². The van der Waals surface area contributed by atoms with E-state index in [4.69, 9.17) is 5.84 Å². The number of halogens is 3. The molecule has 1 atom stereocenters. The molecule has 3 N–H and O–H groups in total. The lowest BCUT2D eigenvalue weighted by Gasteiger charge is -2.14. The van der Waals surface area contributed by atoms with Crippen molar-refractivity contribution in [2.75, 3.05) is 0 Å². The topological polar surface area (TPSA) is 38.0 Å².